The number of rotatable bonds is 30. The van der Waals surface area contributed by atoms with E-state index in [0.29, 0.717) is 18.5 Å². The fourth-order valence-corrected chi connectivity index (χ4v) is 13.0. The van der Waals surface area contributed by atoms with Gasteiger partial charge < -0.3 is 19.6 Å². The first-order chi connectivity index (χ1) is 34.8. The first-order valence-electron chi connectivity index (χ1n) is 30.9. The molecule has 0 spiro atoms. The monoisotopic (exact) mass is 1050 g/mol. The lowest BCUT2D eigenvalue weighted by Gasteiger charge is -2.56. The van der Waals surface area contributed by atoms with E-state index in [1.807, 2.05) is 5.06 Å². The summed E-state index contributed by atoms with van der Waals surface area (Å²) in [6.45, 7) is 42.2. The fraction of sp³-hybridized carbons (Fsp3) is 0.937. The molecule has 0 bridgehead atoms. The molecule has 438 valence electrons. The molecule has 3 fully saturated rings. The molecule has 0 atom stereocenters. The zero-order valence-corrected chi connectivity index (χ0v) is 53.0. The molecule has 0 radical (unpaired) electrons. The Kier molecular flexibility index (Phi) is 26.8. The van der Waals surface area contributed by atoms with Crippen LogP contribution in [-0.4, -0.2) is 132 Å². The Morgan fingerprint density at radius 3 is 1.20 bits per heavy atom. The summed E-state index contributed by atoms with van der Waals surface area (Å²) < 4.78 is 5.90. The number of piperidine rings is 3. The lowest BCUT2D eigenvalue weighted by molar-refractivity contribution is -0.306. The van der Waals surface area contributed by atoms with Crippen molar-refractivity contribution in [2.75, 3.05) is 43.6 Å². The van der Waals surface area contributed by atoms with Crippen molar-refractivity contribution in [2.45, 2.75) is 349 Å². The van der Waals surface area contributed by atoms with Crippen LogP contribution in [0.1, 0.15) is 290 Å². The van der Waals surface area contributed by atoms with Gasteiger partial charge in [-0.25, -0.2) is 0 Å². The second-order valence-electron chi connectivity index (χ2n) is 28.3. The van der Waals surface area contributed by atoms with Crippen molar-refractivity contribution in [3.05, 3.63) is 5.82 Å². The summed E-state index contributed by atoms with van der Waals surface area (Å²) in [5, 5.41) is 12.1. The highest BCUT2D eigenvalue weighted by Gasteiger charge is 2.49. The molecule has 1 aromatic heterocycles. The fourth-order valence-electron chi connectivity index (χ4n) is 13.0. The normalized spacial score (nSPS) is 21.1. The molecule has 1 aromatic rings. The number of aromatic nitrogens is 3. The highest BCUT2D eigenvalue weighted by atomic mass is 16.7. The van der Waals surface area contributed by atoms with E-state index < -0.39 is 5.60 Å². The number of unbranched alkanes of at least 4 members (excludes halogenated alkanes) is 16. The molecule has 75 heavy (non-hydrogen) atoms. The van der Waals surface area contributed by atoms with E-state index in [9.17, 15) is 9.90 Å². The average molecular weight is 1060 g/mol. The predicted octanol–water partition coefficient (Wildman–Crippen LogP) is 15.2. The van der Waals surface area contributed by atoms with Crippen LogP contribution in [0.5, 0.6) is 0 Å². The summed E-state index contributed by atoms with van der Waals surface area (Å²) in [6, 6.07) is 0.801. The van der Waals surface area contributed by atoms with Gasteiger partial charge in [0.15, 0.2) is 0 Å². The van der Waals surface area contributed by atoms with Gasteiger partial charge in [0.1, 0.15) is 11.9 Å². The molecule has 4 rings (SSSR count). The third kappa shape index (κ3) is 21.8. The van der Waals surface area contributed by atoms with Gasteiger partial charge in [-0.3, -0.25) is 19.4 Å². The van der Waals surface area contributed by atoms with E-state index >= 15 is 0 Å². The maximum Gasteiger partial charge on any atom is 0.306 e. The van der Waals surface area contributed by atoms with Crippen molar-refractivity contribution in [1.29, 1.82) is 0 Å². The molecule has 1 N–H and O–H groups in total. The largest absolute Gasteiger partial charge is 0.462 e. The van der Waals surface area contributed by atoms with Crippen molar-refractivity contribution < 1.29 is 19.5 Å². The topological polar surface area (TPSA) is 111 Å². The SMILES string of the molecule is CCCCCCCCCCCCCCCCCC(=O)OC1CC(C)(C)N(OCC(C)(C)O)C(C)(C)C1.CCCCN(c1nc(C)nc(N(CCCC)C2CC(C)(C)N(C)C(C)(C)C2)n1)C1CC(C)(C)N(C)C(C)(C)C1. The van der Waals surface area contributed by atoms with Gasteiger partial charge in [-0.05, 0) is 163 Å². The molecule has 12 nitrogen and oxygen atoms in total. The smallest absolute Gasteiger partial charge is 0.306 e. The number of carbonyl (C=O) groups is 1. The highest BCUT2D eigenvalue weighted by Crippen LogP contribution is 2.43. The van der Waals surface area contributed by atoms with Crippen LogP contribution >= 0.6 is 0 Å². The van der Waals surface area contributed by atoms with Crippen molar-refractivity contribution in [2.24, 2.45) is 0 Å². The Morgan fingerprint density at radius 2 is 0.867 bits per heavy atom. The van der Waals surface area contributed by atoms with Crippen LogP contribution < -0.4 is 9.80 Å². The minimum Gasteiger partial charge on any atom is -0.462 e. The first kappa shape index (κ1) is 67.2. The molecular weight excluding hydrogens is 933 g/mol. The number of anilines is 2. The maximum atomic E-state index is 12.5. The number of nitrogens with zero attached hydrogens (tertiary/aromatic N) is 8. The Balaban J connectivity index is 0.000000397. The number of aliphatic hydroxyl groups is 1. The molecule has 4 heterocycles. The third-order valence-electron chi connectivity index (χ3n) is 17.6. The average Bonchev–Trinajstić information content (AvgIpc) is 3.27. The van der Waals surface area contributed by atoms with Crippen LogP contribution in [-0.2, 0) is 14.4 Å². The zero-order valence-electron chi connectivity index (χ0n) is 53.0. The molecule has 0 unspecified atom stereocenters. The van der Waals surface area contributed by atoms with Gasteiger partial charge in [0.25, 0.3) is 0 Å². The minimum absolute atomic E-state index is 0.0628. The number of likely N-dealkylation sites (tertiary alicyclic amines) is 2. The molecule has 3 aliphatic heterocycles. The molecule has 3 saturated heterocycles. The number of ether oxygens (including phenoxy) is 1. The van der Waals surface area contributed by atoms with Gasteiger partial charge in [0.05, 0.1) is 12.2 Å². The van der Waals surface area contributed by atoms with E-state index in [-0.39, 0.29) is 51.9 Å². The van der Waals surface area contributed by atoms with E-state index in [4.69, 9.17) is 24.5 Å². The lowest BCUT2D eigenvalue weighted by atomic mass is 9.77. The second kappa shape index (κ2) is 29.9. The highest BCUT2D eigenvalue weighted by molar-refractivity contribution is 5.69. The standard InChI is InChI=1S/C32H61N7.C31H61NO4/c1-14-16-18-38(25-20-29(4,5)36(12)30(6,7)21-25)27-33-24(3)34-28(35-27)39(19-17-15-2)26-22-31(8,9)37(13)32(10,11)23-26;1-8-9-10-11-12-13-14-15-16-17-18-19-20-21-22-23-28(33)36-27-24-29(2,3)32(30(4,5)25-27)35-26-31(6,7)34/h25-26H,14-23H2,1-13H3;27,34H,8-26H2,1-7H3. The van der Waals surface area contributed by atoms with Crippen molar-refractivity contribution >= 4 is 17.9 Å². The van der Waals surface area contributed by atoms with Crippen LogP contribution in [0, 0.1) is 6.92 Å². The van der Waals surface area contributed by atoms with Crippen molar-refractivity contribution in [1.82, 2.24) is 29.8 Å². The van der Waals surface area contributed by atoms with Gasteiger partial charge in [0.2, 0.25) is 11.9 Å². The predicted molar refractivity (Wildman–Crippen MR) is 318 cm³/mol. The van der Waals surface area contributed by atoms with Crippen LogP contribution in [0.15, 0.2) is 0 Å². The second-order valence-corrected chi connectivity index (χ2v) is 28.3. The summed E-state index contributed by atoms with van der Waals surface area (Å²) >= 11 is 0. The zero-order chi connectivity index (χ0) is 56.5. The van der Waals surface area contributed by atoms with Gasteiger partial charge in [-0.2, -0.15) is 20.0 Å². The maximum absolute atomic E-state index is 12.5. The van der Waals surface area contributed by atoms with Crippen molar-refractivity contribution in [3.63, 3.8) is 0 Å². The van der Waals surface area contributed by atoms with E-state index in [2.05, 4.69) is 144 Å². The Labute approximate surface area is 463 Å². The van der Waals surface area contributed by atoms with Crippen LogP contribution in [0.2, 0.25) is 0 Å². The third-order valence-corrected chi connectivity index (χ3v) is 17.6. The molecule has 0 aliphatic carbocycles. The summed E-state index contributed by atoms with van der Waals surface area (Å²) in [6.07, 6.45) is 30.8. The number of hydroxylamine groups is 2. The molecule has 3 aliphatic rings. The summed E-state index contributed by atoms with van der Waals surface area (Å²) in [4.78, 5) is 44.1. The van der Waals surface area contributed by atoms with Gasteiger partial charge in [-0.15, -0.1) is 0 Å². The first-order valence-corrected chi connectivity index (χ1v) is 30.9. The number of esters is 1. The van der Waals surface area contributed by atoms with E-state index in [1.165, 1.54) is 83.5 Å². The molecular formula is C63H122N8O4. The Morgan fingerprint density at radius 1 is 0.533 bits per heavy atom. The summed E-state index contributed by atoms with van der Waals surface area (Å²) in [5.41, 5.74) is -1.01. The van der Waals surface area contributed by atoms with Crippen molar-refractivity contribution in [3.8, 4) is 0 Å². The molecule has 0 amide bonds. The number of aryl methyl sites for hydroxylation is 1. The lowest BCUT2D eigenvalue weighted by Crippen LogP contribution is -2.63. The molecule has 0 saturated carbocycles. The van der Waals surface area contributed by atoms with Crippen LogP contribution in [0.25, 0.3) is 0 Å². The van der Waals surface area contributed by atoms with Gasteiger partial charge in [-0.1, -0.05) is 124 Å². The number of carbonyl (C=O) groups excluding carboxylic acids is 1. The van der Waals surface area contributed by atoms with Gasteiger partial charge >= 0.3 is 5.97 Å². The van der Waals surface area contributed by atoms with Crippen LogP contribution in [0.4, 0.5) is 11.9 Å². The number of hydrogen-bond donors (Lipinski definition) is 1. The van der Waals surface area contributed by atoms with Gasteiger partial charge in [0, 0.05) is 77.7 Å². The minimum atomic E-state index is -0.886. The quantitative estimate of drug-likeness (QED) is 0.0585. The van der Waals surface area contributed by atoms with E-state index in [0.717, 1.165) is 108 Å². The summed E-state index contributed by atoms with van der Waals surface area (Å²) in [7, 11) is 4.57. The summed E-state index contributed by atoms with van der Waals surface area (Å²) in [5.74, 6) is 2.52. The Hall–Kier alpha value is -2.12. The molecule has 12 heteroatoms. The Bertz CT molecular complexity index is 1660. The molecule has 0 aromatic carbocycles. The van der Waals surface area contributed by atoms with E-state index in [1.54, 1.807) is 13.8 Å². The number of hydrogen-bond acceptors (Lipinski definition) is 12. The van der Waals surface area contributed by atoms with Crippen LogP contribution in [0.3, 0.4) is 0 Å².